The molecule has 1 aromatic carbocycles. The Labute approximate surface area is 211 Å². The predicted molar refractivity (Wildman–Crippen MR) is 143 cm³/mol. The van der Waals surface area contributed by atoms with Gasteiger partial charge in [0, 0.05) is 25.0 Å². The minimum Gasteiger partial charge on any atom is -0.461 e. The number of fused-ring (bicyclic) bond motifs is 1. The fourth-order valence-corrected chi connectivity index (χ4v) is 4.37. The van der Waals surface area contributed by atoms with Gasteiger partial charge in [0.15, 0.2) is 0 Å². The molecule has 0 saturated heterocycles. The van der Waals surface area contributed by atoms with Crippen LogP contribution in [0.2, 0.25) is 0 Å². The third-order valence-electron chi connectivity index (χ3n) is 6.62. The number of rotatable bonds is 16. The van der Waals surface area contributed by atoms with Gasteiger partial charge >= 0.3 is 11.6 Å². The summed E-state index contributed by atoms with van der Waals surface area (Å²) in [5.41, 5.74) is -0.212. The first-order valence-corrected chi connectivity index (χ1v) is 12.9. The minimum atomic E-state index is -0.646. The lowest BCUT2D eigenvalue weighted by Gasteiger charge is -2.30. The SMILES string of the molecule is CCCCC(CC)CN(CCOC(=O)c1cc2ccccc2oc1=O)CC(CC)CCCC.Cl. The van der Waals surface area contributed by atoms with E-state index >= 15 is 0 Å². The number of nitrogens with zero attached hydrogens (tertiary/aromatic N) is 1. The highest BCUT2D eigenvalue weighted by Crippen LogP contribution is 2.19. The summed E-state index contributed by atoms with van der Waals surface area (Å²) in [4.78, 5) is 27.4. The number of carbonyl (C=O) groups excluding carboxylic acids is 1. The van der Waals surface area contributed by atoms with E-state index in [2.05, 4.69) is 32.6 Å². The van der Waals surface area contributed by atoms with Crippen LogP contribution in [0.25, 0.3) is 11.0 Å². The molecule has 6 heteroatoms. The van der Waals surface area contributed by atoms with Crippen LogP contribution in [0.3, 0.4) is 0 Å². The van der Waals surface area contributed by atoms with Crippen molar-refractivity contribution in [2.75, 3.05) is 26.2 Å². The number of benzene rings is 1. The van der Waals surface area contributed by atoms with Gasteiger partial charge in [-0.3, -0.25) is 4.90 Å². The molecule has 1 aromatic heterocycles. The summed E-state index contributed by atoms with van der Waals surface area (Å²) >= 11 is 0. The van der Waals surface area contributed by atoms with Crippen LogP contribution in [0.4, 0.5) is 0 Å². The normalized spacial score (nSPS) is 13.0. The van der Waals surface area contributed by atoms with E-state index in [1.807, 2.05) is 12.1 Å². The van der Waals surface area contributed by atoms with Gasteiger partial charge in [-0.15, -0.1) is 12.4 Å². The van der Waals surface area contributed by atoms with Crippen molar-refractivity contribution >= 4 is 29.3 Å². The highest BCUT2D eigenvalue weighted by Gasteiger charge is 2.19. The van der Waals surface area contributed by atoms with E-state index in [9.17, 15) is 9.59 Å². The van der Waals surface area contributed by atoms with Crippen molar-refractivity contribution in [2.45, 2.75) is 79.1 Å². The standard InChI is InChI=1S/C28H43NO4.ClH/c1-5-9-13-22(7-3)20-29(21-23(8-4)14-10-6-2)17-18-32-27(30)25-19-24-15-11-12-16-26(24)33-28(25)31;/h11-12,15-16,19,22-23H,5-10,13-14,17-18,20-21H2,1-4H3;1H. The molecule has 0 saturated carbocycles. The highest BCUT2D eigenvalue weighted by atomic mass is 35.5. The van der Waals surface area contributed by atoms with Crippen molar-refractivity contribution < 1.29 is 13.9 Å². The summed E-state index contributed by atoms with van der Waals surface area (Å²) in [5.74, 6) is 0.722. The lowest BCUT2D eigenvalue weighted by Crippen LogP contribution is -2.37. The third kappa shape index (κ3) is 9.79. The fourth-order valence-electron chi connectivity index (χ4n) is 4.37. The Morgan fingerprint density at radius 3 is 2.12 bits per heavy atom. The average molecular weight is 494 g/mol. The zero-order chi connectivity index (χ0) is 24.1. The van der Waals surface area contributed by atoms with E-state index in [1.54, 1.807) is 18.2 Å². The van der Waals surface area contributed by atoms with Gasteiger partial charge in [0.2, 0.25) is 0 Å². The van der Waals surface area contributed by atoms with E-state index in [4.69, 9.17) is 9.15 Å². The molecule has 0 aliphatic carbocycles. The number of para-hydroxylation sites is 1. The highest BCUT2D eigenvalue weighted by molar-refractivity contribution is 5.92. The van der Waals surface area contributed by atoms with Crippen molar-refractivity contribution in [1.29, 1.82) is 0 Å². The molecule has 0 radical (unpaired) electrons. The van der Waals surface area contributed by atoms with Gasteiger partial charge in [-0.2, -0.15) is 0 Å². The minimum absolute atomic E-state index is 0. The molecular formula is C28H44ClNO4. The summed E-state index contributed by atoms with van der Waals surface area (Å²) in [6, 6.07) is 8.75. The first-order chi connectivity index (χ1) is 16.0. The molecule has 2 unspecified atom stereocenters. The van der Waals surface area contributed by atoms with Gasteiger partial charge in [0.1, 0.15) is 17.8 Å². The predicted octanol–water partition coefficient (Wildman–Crippen LogP) is 7.11. The molecule has 1 heterocycles. The second kappa shape index (κ2) is 16.7. The van der Waals surface area contributed by atoms with Gasteiger partial charge in [-0.1, -0.05) is 84.4 Å². The first kappa shape index (κ1) is 30.2. The molecule has 5 nitrogen and oxygen atoms in total. The maximum absolute atomic E-state index is 12.6. The lowest BCUT2D eigenvalue weighted by atomic mass is 9.96. The van der Waals surface area contributed by atoms with E-state index < -0.39 is 11.6 Å². The molecule has 192 valence electrons. The van der Waals surface area contributed by atoms with E-state index in [0.29, 0.717) is 29.3 Å². The molecule has 2 atom stereocenters. The van der Waals surface area contributed by atoms with E-state index in [0.717, 1.165) is 13.1 Å². The van der Waals surface area contributed by atoms with Crippen LogP contribution in [0, 0.1) is 11.8 Å². The third-order valence-corrected chi connectivity index (χ3v) is 6.62. The Morgan fingerprint density at radius 1 is 0.971 bits per heavy atom. The molecule has 2 rings (SSSR count). The number of esters is 1. The van der Waals surface area contributed by atoms with Crippen LogP contribution >= 0.6 is 12.4 Å². The molecule has 0 aliphatic rings. The fraction of sp³-hybridized carbons (Fsp3) is 0.643. The van der Waals surface area contributed by atoms with Crippen molar-refractivity contribution in [3.63, 3.8) is 0 Å². The van der Waals surface area contributed by atoms with Gasteiger partial charge in [-0.25, -0.2) is 9.59 Å². The van der Waals surface area contributed by atoms with Crippen LogP contribution < -0.4 is 5.63 Å². The second-order valence-electron chi connectivity index (χ2n) is 9.21. The second-order valence-corrected chi connectivity index (χ2v) is 9.21. The number of hydrogen-bond acceptors (Lipinski definition) is 5. The molecule has 0 aliphatic heterocycles. The van der Waals surface area contributed by atoms with Crippen molar-refractivity contribution in [3.05, 3.63) is 46.3 Å². The maximum atomic E-state index is 12.6. The van der Waals surface area contributed by atoms with Crippen LogP contribution in [-0.2, 0) is 4.74 Å². The van der Waals surface area contributed by atoms with Gasteiger partial charge in [-0.05, 0) is 36.8 Å². The number of hydrogen-bond donors (Lipinski definition) is 0. The number of unbranched alkanes of at least 4 members (excludes halogenated alkanes) is 2. The molecule has 0 N–H and O–H groups in total. The number of ether oxygens (including phenoxy) is 1. The van der Waals surface area contributed by atoms with Crippen LogP contribution in [0.1, 0.15) is 89.4 Å². The maximum Gasteiger partial charge on any atom is 0.351 e. The van der Waals surface area contributed by atoms with Gasteiger partial charge in [0.05, 0.1) is 0 Å². The van der Waals surface area contributed by atoms with Crippen molar-refractivity contribution in [3.8, 4) is 0 Å². The summed E-state index contributed by atoms with van der Waals surface area (Å²) in [6.07, 6.45) is 9.77. The van der Waals surface area contributed by atoms with Gasteiger partial charge in [0.25, 0.3) is 0 Å². The smallest absolute Gasteiger partial charge is 0.351 e. The molecule has 0 bridgehead atoms. The van der Waals surface area contributed by atoms with E-state index in [1.165, 1.54) is 51.4 Å². The summed E-state index contributed by atoms with van der Waals surface area (Å²) in [5, 5.41) is 0.717. The Kier molecular flexibility index (Phi) is 14.8. The zero-order valence-electron chi connectivity index (χ0n) is 21.5. The summed E-state index contributed by atoms with van der Waals surface area (Å²) in [7, 11) is 0. The topological polar surface area (TPSA) is 59.8 Å². The van der Waals surface area contributed by atoms with E-state index in [-0.39, 0.29) is 24.6 Å². The lowest BCUT2D eigenvalue weighted by molar-refractivity contribution is 0.0435. The molecule has 0 amide bonds. The monoisotopic (exact) mass is 493 g/mol. The van der Waals surface area contributed by atoms with Crippen molar-refractivity contribution in [2.24, 2.45) is 11.8 Å². The quantitative estimate of drug-likeness (QED) is 0.184. The summed E-state index contributed by atoms with van der Waals surface area (Å²) in [6.45, 7) is 12.1. The first-order valence-electron chi connectivity index (χ1n) is 12.9. The Balaban J connectivity index is 0.00000578. The molecule has 0 fully saturated rings. The van der Waals surface area contributed by atoms with Crippen LogP contribution in [0.15, 0.2) is 39.5 Å². The molecule has 2 aromatic rings. The van der Waals surface area contributed by atoms with Crippen LogP contribution in [-0.4, -0.2) is 37.1 Å². The molecule has 34 heavy (non-hydrogen) atoms. The zero-order valence-corrected chi connectivity index (χ0v) is 22.3. The van der Waals surface area contributed by atoms with Crippen molar-refractivity contribution in [1.82, 2.24) is 4.90 Å². The summed E-state index contributed by atoms with van der Waals surface area (Å²) < 4.78 is 10.8. The Hall–Kier alpha value is -1.85. The Bertz CT molecular complexity index is 879. The Morgan fingerprint density at radius 2 is 1.56 bits per heavy atom. The average Bonchev–Trinajstić information content (AvgIpc) is 2.83. The van der Waals surface area contributed by atoms with Gasteiger partial charge < -0.3 is 9.15 Å². The molecule has 0 spiro atoms. The van der Waals surface area contributed by atoms with Crippen LogP contribution in [0.5, 0.6) is 0 Å². The number of halogens is 1. The molecular weight excluding hydrogens is 450 g/mol. The largest absolute Gasteiger partial charge is 0.461 e. The number of carbonyl (C=O) groups is 1.